The zero-order valence-corrected chi connectivity index (χ0v) is 12.8. The highest BCUT2D eigenvalue weighted by Crippen LogP contribution is 2.34. The lowest BCUT2D eigenvalue weighted by molar-refractivity contribution is 0.101. The molecule has 6 heteroatoms. The lowest BCUT2D eigenvalue weighted by Crippen LogP contribution is -2.32. The van der Waals surface area contributed by atoms with Crippen molar-refractivity contribution in [2.75, 3.05) is 32.3 Å². The van der Waals surface area contributed by atoms with E-state index in [0.29, 0.717) is 23.3 Å². The summed E-state index contributed by atoms with van der Waals surface area (Å²) in [4.78, 5) is 13.8. The normalized spacial score (nSPS) is 19.2. The van der Waals surface area contributed by atoms with Crippen LogP contribution in [0.15, 0.2) is 18.2 Å². The largest absolute Gasteiger partial charge is 0.454 e. The second-order valence-corrected chi connectivity index (χ2v) is 5.70. The Morgan fingerprint density at radius 3 is 3.05 bits per heavy atom. The van der Waals surface area contributed by atoms with E-state index in [0.717, 1.165) is 38.8 Å². The molecule has 0 saturated carbocycles. The van der Waals surface area contributed by atoms with Crippen LogP contribution in [0.4, 0.5) is 10.5 Å². The molecular weight excluding hydrogens is 284 g/mol. The summed E-state index contributed by atoms with van der Waals surface area (Å²) < 4.78 is 16.1. The summed E-state index contributed by atoms with van der Waals surface area (Å²) in [5.74, 6) is 1.38. The van der Waals surface area contributed by atoms with Crippen LogP contribution in [0.1, 0.15) is 25.7 Å². The molecule has 0 unspecified atom stereocenters. The van der Waals surface area contributed by atoms with Gasteiger partial charge in [0.1, 0.15) is 0 Å². The summed E-state index contributed by atoms with van der Waals surface area (Å²) in [6.07, 6.45) is 4.65. The number of carbonyl (C=O) groups is 1. The fourth-order valence-corrected chi connectivity index (χ4v) is 2.72. The van der Waals surface area contributed by atoms with Crippen LogP contribution in [-0.4, -0.2) is 44.0 Å². The third kappa shape index (κ3) is 3.62. The van der Waals surface area contributed by atoms with Crippen molar-refractivity contribution >= 4 is 11.7 Å². The molecule has 0 bridgehead atoms. The smallest absolute Gasteiger partial charge is 0.321 e. The van der Waals surface area contributed by atoms with Crippen LogP contribution in [0.25, 0.3) is 0 Å². The number of hydrogen-bond donors (Lipinski definition) is 1. The van der Waals surface area contributed by atoms with E-state index in [9.17, 15) is 4.79 Å². The van der Waals surface area contributed by atoms with Crippen molar-refractivity contribution in [2.24, 2.45) is 0 Å². The van der Waals surface area contributed by atoms with E-state index >= 15 is 0 Å². The second-order valence-electron chi connectivity index (χ2n) is 5.70. The number of amides is 2. The maximum atomic E-state index is 12.2. The fraction of sp³-hybridized carbons (Fsp3) is 0.562. The summed E-state index contributed by atoms with van der Waals surface area (Å²) in [6, 6.07) is 5.27. The number of nitrogens with zero attached hydrogens (tertiary/aromatic N) is 1. The maximum Gasteiger partial charge on any atom is 0.321 e. The van der Waals surface area contributed by atoms with Crippen molar-refractivity contribution in [1.82, 2.24) is 4.90 Å². The summed E-state index contributed by atoms with van der Waals surface area (Å²) in [7, 11) is 1.80. The monoisotopic (exact) mass is 306 g/mol. The zero-order valence-electron chi connectivity index (χ0n) is 12.8. The van der Waals surface area contributed by atoms with Gasteiger partial charge in [0.25, 0.3) is 0 Å². The molecule has 120 valence electrons. The Kier molecular flexibility index (Phi) is 4.68. The van der Waals surface area contributed by atoms with Crippen LogP contribution in [-0.2, 0) is 4.74 Å². The molecule has 0 spiro atoms. The van der Waals surface area contributed by atoms with Gasteiger partial charge in [-0.2, -0.15) is 0 Å². The van der Waals surface area contributed by atoms with Crippen molar-refractivity contribution in [1.29, 1.82) is 0 Å². The molecule has 22 heavy (non-hydrogen) atoms. The number of urea groups is 1. The minimum atomic E-state index is -0.119. The molecule has 2 amide bonds. The van der Waals surface area contributed by atoms with Crippen LogP contribution >= 0.6 is 0 Å². The van der Waals surface area contributed by atoms with Gasteiger partial charge in [-0.05, 0) is 37.8 Å². The first-order valence-electron chi connectivity index (χ1n) is 7.76. The Labute approximate surface area is 130 Å². The zero-order chi connectivity index (χ0) is 15.4. The highest BCUT2D eigenvalue weighted by Gasteiger charge is 2.17. The van der Waals surface area contributed by atoms with Gasteiger partial charge in [-0.25, -0.2) is 4.79 Å². The molecule has 0 radical (unpaired) electrons. The summed E-state index contributed by atoms with van der Waals surface area (Å²) in [5.41, 5.74) is 0.709. The third-order valence-corrected chi connectivity index (χ3v) is 4.01. The summed E-state index contributed by atoms with van der Waals surface area (Å²) >= 11 is 0. The average molecular weight is 306 g/mol. The lowest BCUT2D eigenvalue weighted by Gasteiger charge is -2.19. The first kappa shape index (κ1) is 15.0. The predicted octanol–water partition coefficient (Wildman–Crippen LogP) is 2.84. The van der Waals surface area contributed by atoms with Gasteiger partial charge >= 0.3 is 6.03 Å². The molecule has 0 aliphatic carbocycles. The summed E-state index contributed by atoms with van der Waals surface area (Å²) in [6.45, 7) is 1.83. The minimum Gasteiger partial charge on any atom is -0.454 e. The standard InChI is InChI=1S/C16H22N2O4/c1-18(8-2-4-13-5-3-9-20-13)16(19)17-12-6-7-14-15(10-12)22-11-21-14/h6-7,10,13H,2-5,8-9,11H2,1H3,(H,17,19)/t13-/m0/s1. The van der Waals surface area contributed by atoms with Crippen molar-refractivity contribution < 1.29 is 19.0 Å². The molecule has 1 N–H and O–H groups in total. The van der Waals surface area contributed by atoms with Gasteiger partial charge in [0.15, 0.2) is 11.5 Å². The minimum absolute atomic E-state index is 0.119. The second kappa shape index (κ2) is 6.87. The number of carbonyl (C=O) groups excluding carboxylic acids is 1. The molecule has 2 aliphatic rings. The van der Waals surface area contributed by atoms with E-state index in [2.05, 4.69) is 5.32 Å². The number of nitrogens with one attached hydrogen (secondary N) is 1. The fourth-order valence-electron chi connectivity index (χ4n) is 2.72. The van der Waals surface area contributed by atoms with Crippen LogP contribution in [0.5, 0.6) is 11.5 Å². The molecular formula is C16H22N2O4. The topological polar surface area (TPSA) is 60.0 Å². The SMILES string of the molecule is CN(CCC[C@H]1CCCO1)C(=O)Nc1ccc2c(c1)OCO2. The molecule has 1 atom stereocenters. The molecule has 2 aliphatic heterocycles. The Morgan fingerprint density at radius 1 is 1.36 bits per heavy atom. The van der Waals surface area contributed by atoms with E-state index in [4.69, 9.17) is 14.2 Å². The van der Waals surface area contributed by atoms with Gasteiger partial charge in [0.05, 0.1) is 6.10 Å². The molecule has 0 aromatic heterocycles. The molecule has 1 aromatic rings. The Morgan fingerprint density at radius 2 is 2.23 bits per heavy atom. The van der Waals surface area contributed by atoms with E-state index in [1.807, 2.05) is 6.07 Å². The van der Waals surface area contributed by atoms with E-state index in [-0.39, 0.29) is 12.8 Å². The number of anilines is 1. The van der Waals surface area contributed by atoms with Gasteiger partial charge in [-0.3, -0.25) is 0 Å². The van der Waals surface area contributed by atoms with Gasteiger partial charge in [-0.1, -0.05) is 0 Å². The quantitative estimate of drug-likeness (QED) is 0.908. The Hall–Kier alpha value is -1.95. The molecule has 3 rings (SSSR count). The summed E-state index contributed by atoms with van der Waals surface area (Å²) in [5, 5.41) is 2.87. The third-order valence-electron chi connectivity index (χ3n) is 4.01. The maximum absolute atomic E-state index is 12.2. The predicted molar refractivity (Wildman–Crippen MR) is 82.4 cm³/mol. The van der Waals surface area contributed by atoms with Crippen molar-refractivity contribution in [3.63, 3.8) is 0 Å². The van der Waals surface area contributed by atoms with E-state index < -0.39 is 0 Å². The average Bonchev–Trinajstić information content (AvgIpc) is 3.17. The van der Waals surface area contributed by atoms with Crippen molar-refractivity contribution in [2.45, 2.75) is 31.8 Å². The van der Waals surface area contributed by atoms with Gasteiger partial charge in [-0.15, -0.1) is 0 Å². The van der Waals surface area contributed by atoms with Crippen LogP contribution in [0, 0.1) is 0 Å². The number of fused-ring (bicyclic) bond motifs is 1. The van der Waals surface area contributed by atoms with Crippen molar-refractivity contribution in [3.8, 4) is 11.5 Å². The highest BCUT2D eigenvalue weighted by molar-refractivity contribution is 5.89. The first-order chi connectivity index (χ1) is 10.7. The van der Waals surface area contributed by atoms with Gasteiger partial charge < -0.3 is 24.4 Å². The number of rotatable bonds is 5. The Balaban J connectivity index is 1.44. The molecule has 1 saturated heterocycles. The molecule has 6 nitrogen and oxygen atoms in total. The highest BCUT2D eigenvalue weighted by atomic mass is 16.7. The van der Waals surface area contributed by atoms with E-state index in [1.54, 1.807) is 24.1 Å². The van der Waals surface area contributed by atoms with Crippen molar-refractivity contribution in [3.05, 3.63) is 18.2 Å². The van der Waals surface area contributed by atoms with Crippen LogP contribution in [0.2, 0.25) is 0 Å². The molecule has 1 fully saturated rings. The Bertz CT molecular complexity index is 529. The molecule has 2 heterocycles. The van der Waals surface area contributed by atoms with E-state index in [1.165, 1.54) is 0 Å². The number of benzene rings is 1. The van der Waals surface area contributed by atoms with Gasteiger partial charge in [0, 0.05) is 32.0 Å². The van der Waals surface area contributed by atoms with Crippen LogP contribution < -0.4 is 14.8 Å². The van der Waals surface area contributed by atoms with Gasteiger partial charge in [0.2, 0.25) is 6.79 Å². The first-order valence-corrected chi connectivity index (χ1v) is 7.76. The lowest BCUT2D eigenvalue weighted by atomic mass is 10.1. The number of hydrogen-bond acceptors (Lipinski definition) is 4. The number of ether oxygens (including phenoxy) is 3. The van der Waals surface area contributed by atoms with Crippen LogP contribution in [0.3, 0.4) is 0 Å². The molecule has 1 aromatic carbocycles.